The van der Waals surface area contributed by atoms with Crippen molar-refractivity contribution >= 4 is 11.4 Å². The molecule has 36 heavy (non-hydrogen) atoms. The third-order valence-corrected chi connectivity index (χ3v) is 6.65. The fraction of sp³-hybridized carbons (Fsp3) is 0.556. The minimum absolute atomic E-state index is 0.0308. The van der Waals surface area contributed by atoms with Crippen molar-refractivity contribution in [3.8, 4) is 0 Å². The quantitative estimate of drug-likeness (QED) is 0.397. The number of aliphatic hydroxyl groups is 2. The van der Waals surface area contributed by atoms with Crippen LogP contribution in [0.5, 0.6) is 0 Å². The van der Waals surface area contributed by atoms with Crippen molar-refractivity contribution in [3.05, 3.63) is 69.3 Å². The number of nitro groups is 1. The molecular weight excluding hydrogens is 460 g/mol. The molecule has 2 atom stereocenters. The van der Waals surface area contributed by atoms with Crippen LogP contribution >= 0.6 is 0 Å². The number of hydrogen-bond acceptors (Lipinski definition) is 8. The molecule has 0 aliphatic carbocycles. The average Bonchev–Trinajstić information content (AvgIpc) is 3.39. The molecular formula is C27H40N4O5. The summed E-state index contributed by atoms with van der Waals surface area (Å²) in [5.74, 6) is 0. The Balaban J connectivity index is 0.00000176. The van der Waals surface area contributed by atoms with Crippen LogP contribution in [0.2, 0.25) is 0 Å². The van der Waals surface area contributed by atoms with Crippen LogP contribution in [0.3, 0.4) is 0 Å². The average molecular weight is 501 g/mol. The number of aliphatic hydroxyl groups excluding tert-OH is 2. The van der Waals surface area contributed by atoms with E-state index in [0.29, 0.717) is 44.8 Å². The summed E-state index contributed by atoms with van der Waals surface area (Å²) >= 11 is 0. The number of anilines is 1. The normalized spacial score (nSPS) is 20.6. The van der Waals surface area contributed by atoms with Gasteiger partial charge in [-0.2, -0.15) is 5.06 Å². The zero-order valence-corrected chi connectivity index (χ0v) is 21.7. The third-order valence-electron chi connectivity index (χ3n) is 6.65. The van der Waals surface area contributed by atoms with E-state index in [1.54, 1.807) is 6.07 Å². The maximum atomic E-state index is 11.8. The molecule has 2 unspecified atom stereocenters. The van der Waals surface area contributed by atoms with Gasteiger partial charge < -0.3 is 15.1 Å². The Labute approximate surface area is 214 Å². The lowest BCUT2D eigenvalue weighted by Gasteiger charge is -2.37. The van der Waals surface area contributed by atoms with E-state index in [9.17, 15) is 20.3 Å². The van der Waals surface area contributed by atoms with Gasteiger partial charge in [-0.3, -0.25) is 19.9 Å². The molecule has 0 saturated carbocycles. The first-order valence-corrected chi connectivity index (χ1v) is 12.9. The third kappa shape index (κ3) is 7.47. The lowest BCUT2D eigenvalue weighted by Crippen LogP contribution is -2.45. The second-order valence-electron chi connectivity index (χ2n) is 9.29. The van der Waals surface area contributed by atoms with Gasteiger partial charge in [-0.1, -0.05) is 44.2 Å². The van der Waals surface area contributed by atoms with Gasteiger partial charge in [0.15, 0.2) is 0 Å². The monoisotopic (exact) mass is 500 g/mol. The number of rotatable bonds is 9. The summed E-state index contributed by atoms with van der Waals surface area (Å²) < 4.78 is 0. The molecule has 2 aromatic rings. The van der Waals surface area contributed by atoms with Gasteiger partial charge in [0.05, 0.1) is 24.2 Å². The summed E-state index contributed by atoms with van der Waals surface area (Å²) in [6.07, 6.45) is 1.92. The lowest BCUT2D eigenvalue weighted by molar-refractivity contribution is -0.384. The number of benzene rings is 2. The first-order chi connectivity index (χ1) is 17.4. The van der Waals surface area contributed by atoms with Gasteiger partial charge in [-0.25, -0.2) is 0 Å². The van der Waals surface area contributed by atoms with Crippen LogP contribution in [0, 0.1) is 10.1 Å². The number of hydroxylamine groups is 2. The molecule has 9 nitrogen and oxygen atoms in total. The van der Waals surface area contributed by atoms with E-state index in [0.717, 1.165) is 36.2 Å². The lowest BCUT2D eigenvalue weighted by atomic mass is 9.99. The zero-order chi connectivity index (χ0) is 26.1. The van der Waals surface area contributed by atoms with Crippen molar-refractivity contribution < 1.29 is 20.0 Å². The molecule has 2 heterocycles. The molecule has 2 aliphatic rings. The highest BCUT2D eigenvalue weighted by Crippen LogP contribution is 2.30. The maximum absolute atomic E-state index is 11.8. The van der Waals surface area contributed by atoms with Crippen LogP contribution in [0.1, 0.15) is 49.8 Å². The van der Waals surface area contributed by atoms with Crippen LogP contribution < -0.4 is 4.90 Å². The van der Waals surface area contributed by atoms with Crippen molar-refractivity contribution in [2.45, 2.75) is 64.9 Å². The molecule has 4 rings (SSSR count). The molecule has 9 heteroatoms. The molecule has 2 aliphatic heterocycles. The van der Waals surface area contributed by atoms with Crippen LogP contribution in [-0.2, 0) is 24.5 Å². The van der Waals surface area contributed by atoms with Crippen molar-refractivity contribution in [1.29, 1.82) is 0 Å². The van der Waals surface area contributed by atoms with Crippen molar-refractivity contribution in [3.63, 3.8) is 0 Å². The number of hydrogen-bond donors (Lipinski definition) is 2. The summed E-state index contributed by atoms with van der Waals surface area (Å²) in [7, 11) is 1.87. The molecule has 2 aromatic carbocycles. The minimum Gasteiger partial charge on any atom is -0.395 e. The first-order valence-electron chi connectivity index (χ1n) is 12.9. The molecule has 0 bridgehead atoms. The second-order valence-corrected chi connectivity index (χ2v) is 9.29. The maximum Gasteiger partial charge on any atom is 0.292 e. The van der Waals surface area contributed by atoms with E-state index in [1.165, 1.54) is 0 Å². The van der Waals surface area contributed by atoms with E-state index >= 15 is 0 Å². The Kier molecular flexibility index (Phi) is 10.6. The minimum atomic E-state index is -0.349. The van der Waals surface area contributed by atoms with E-state index < -0.39 is 0 Å². The smallest absolute Gasteiger partial charge is 0.292 e. The molecule has 0 amide bonds. The standard InChI is InChI=1S/C25H34N4O5.C2H6/c1-26(24-7-6-21(13-25(24)29(32)33)17-28-9-3-11-34-28)15-19-4-2-5-20(12-19)16-27-10-8-23(31)14-22(27)18-30;1-2/h2,4-7,12-13,22-23,30-31H,3,8-11,14-18H2,1H3;1-2H3. The molecule has 2 saturated heterocycles. The van der Waals surface area contributed by atoms with Crippen LogP contribution in [-0.4, -0.2) is 70.6 Å². The van der Waals surface area contributed by atoms with E-state index in [4.69, 9.17) is 4.84 Å². The van der Waals surface area contributed by atoms with Gasteiger partial charge in [0.2, 0.25) is 0 Å². The molecule has 0 spiro atoms. The Morgan fingerprint density at radius 2 is 1.86 bits per heavy atom. The molecule has 2 N–H and O–H groups in total. The highest BCUT2D eigenvalue weighted by molar-refractivity contribution is 5.64. The summed E-state index contributed by atoms with van der Waals surface area (Å²) in [5.41, 5.74) is 3.70. The summed E-state index contributed by atoms with van der Waals surface area (Å²) in [6.45, 7) is 8.08. The van der Waals surface area contributed by atoms with Gasteiger partial charge in [-0.15, -0.1) is 0 Å². The van der Waals surface area contributed by atoms with Gasteiger partial charge in [0, 0.05) is 51.9 Å². The molecule has 2 fully saturated rings. The van der Waals surface area contributed by atoms with E-state index in [2.05, 4.69) is 17.0 Å². The fourth-order valence-electron chi connectivity index (χ4n) is 4.86. The first kappa shape index (κ1) is 28.0. The van der Waals surface area contributed by atoms with Crippen molar-refractivity contribution in [1.82, 2.24) is 9.96 Å². The largest absolute Gasteiger partial charge is 0.395 e. The van der Waals surface area contributed by atoms with Crippen LogP contribution in [0.25, 0.3) is 0 Å². The Bertz CT molecular complexity index is 982. The van der Waals surface area contributed by atoms with Crippen LogP contribution in [0.4, 0.5) is 11.4 Å². The summed E-state index contributed by atoms with van der Waals surface area (Å²) in [4.78, 5) is 21.1. The predicted octanol–water partition coefficient (Wildman–Crippen LogP) is 3.71. The zero-order valence-electron chi connectivity index (χ0n) is 21.7. The van der Waals surface area contributed by atoms with Gasteiger partial charge in [0.25, 0.3) is 5.69 Å². The highest BCUT2D eigenvalue weighted by atomic mass is 16.7. The number of nitrogens with zero attached hydrogens (tertiary/aromatic N) is 4. The summed E-state index contributed by atoms with van der Waals surface area (Å²) in [5, 5.41) is 33.3. The molecule has 0 radical (unpaired) electrons. The molecule has 198 valence electrons. The SMILES string of the molecule is CC.CN(Cc1cccc(CN2CCC(O)CC2CO)c1)c1ccc(CN2CCCO2)cc1[N+](=O)[O-]. The second kappa shape index (κ2) is 13.7. The number of likely N-dealkylation sites (tertiary alicyclic amines) is 1. The topological polar surface area (TPSA) is 103 Å². The number of nitro benzene ring substituents is 1. The van der Waals surface area contributed by atoms with Crippen molar-refractivity contribution in [2.24, 2.45) is 0 Å². The van der Waals surface area contributed by atoms with Crippen LogP contribution in [0.15, 0.2) is 42.5 Å². The van der Waals surface area contributed by atoms with E-state index in [1.807, 2.05) is 55.1 Å². The molecule has 0 aromatic heterocycles. The summed E-state index contributed by atoms with van der Waals surface area (Å²) in [6, 6.07) is 13.5. The fourth-order valence-corrected chi connectivity index (χ4v) is 4.86. The number of piperidine rings is 1. The Morgan fingerprint density at radius 3 is 2.56 bits per heavy atom. The highest BCUT2D eigenvalue weighted by Gasteiger charge is 2.27. The predicted molar refractivity (Wildman–Crippen MR) is 140 cm³/mol. The van der Waals surface area contributed by atoms with Gasteiger partial charge in [0.1, 0.15) is 5.69 Å². The van der Waals surface area contributed by atoms with Gasteiger partial charge >= 0.3 is 0 Å². The van der Waals surface area contributed by atoms with Gasteiger partial charge in [-0.05, 0) is 42.0 Å². The Hall–Kier alpha value is -2.56. The Morgan fingerprint density at radius 1 is 1.11 bits per heavy atom. The van der Waals surface area contributed by atoms with Crippen molar-refractivity contribution in [2.75, 3.05) is 38.3 Å². The van der Waals surface area contributed by atoms with E-state index in [-0.39, 0.29) is 29.4 Å².